The van der Waals surface area contributed by atoms with Crippen LogP contribution in [0, 0.1) is 11.3 Å². The molecular formula is C15H23N. The summed E-state index contributed by atoms with van der Waals surface area (Å²) in [6.07, 6.45) is 13.3. The Bertz CT molecular complexity index is 318. The molecule has 1 aliphatic carbocycles. The van der Waals surface area contributed by atoms with E-state index < -0.39 is 0 Å². The van der Waals surface area contributed by atoms with Gasteiger partial charge in [-0.2, -0.15) is 0 Å². The Labute approximate surface area is 99.4 Å². The van der Waals surface area contributed by atoms with E-state index in [0.29, 0.717) is 5.92 Å². The predicted molar refractivity (Wildman–Crippen MR) is 70.7 cm³/mol. The van der Waals surface area contributed by atoms with Crippen molar-refractivity contribution in [3.63, 3.8) is 0 Å². The van der Waals surface area contributed by atoms with Gasteiger partial charge in [0.1, 0.15) is 0 Å². The predicted octanol–water partition coefficient (Wildman–Crippen LogP) is 4.51. The summed E-state index contributed by atoms with van der Waals surface area (Å²) in [6, 6.07) is 0. The summed E-state index contributed by atoms with van der Waals surface area (Å²) in [6.45, 7) is 6.82. The number of aliphatic imine (C=N–C) groups is 1. The molecule has 1 heterocycles. The first kappa shape index (κ1) is 11.6. The van der Waals surface area contributed by atoms with Gasteiger partial charge in [0.15, 0.2) is 0 Å². The highest BCUT2D eigenvalue weighted by molar-refractivity contribution is 5.71. The minimum Gasteiger partial charge on any atom is -0.264 e. The van der Waals surface area contributed by atoms with Crippen molar-refractivity contribution in [2.24, 2.45) is 16.3 Å². The first-order valence-corrected chi connectivity index (χ1v) is 6.58. The first-order valence-electron chi connectivity index (χ1n) is 6.58. The summed E-state index contributed by atoms with van der Waals surface area (Å²) in [5.41, 5.74) is 2.96. The summed E-state index contributed by atoms with van der Waals surface area (Å²) < 4.78 is 0. The molecule has 0 saturated heterocycles. The van der Waals surface area contributed by atoms with Crippen molar-refractivity contribution >= 4 is 6.21 Å². The quantitative estimate of drug-likeness (QED) is 0.613. The monoisotopic (exact) mass is 217 g/mol. The molecule has 0 aromatic heterocycles. The molecule has 2 rings (SSSR count). The third kappa shape index (κ3) is 2.28. The van der Waals surface area contributed by atoms with Crippen LogP contribution in [-0.4, -0.2) is 6.21 Å². The molecule has 1 atom stereocenters. The minimum atomic E-state index is 0.131. The Morgan fingerprint density at radius 3 is 2.69 bits per heavy atom. The molecule has 16 heavy (non-hydrogen) atoms. The fourth-order valence-corrected chi connectivity index (χ4v) is 2.30. The van der Waals surface area contributed by atoms with E-state index in [4.69, 9.17) is 4.99 Å². The molecule has 1 nitrogen and oxygen atoms in total. The molecule has 88 valence electrons. The summed E-state index contributed by atoms with van der Waals surface area (Å²) in [5, 5.41) is 0. The molecule has 0 saturated carbocycles. The standard InChI is InChI=1S/C15H23N/c1-12(2)15(3)10-9-13-7-5-4-6-8-14(13)16-11-15/h9-12H,4-8H2,1-3H3. The molecule has 2 aliphatic rings. The number of nitrogens with zero attached hydrogens (tertiary/aromatic N) is 1. The van der Waals surface area contributed by atoms with Crippen LogP contribution in [0.5, 0.6) is 0 Å². The number of hydrogen-bond acceptors (Lipinski definition) is 1. The van der Waals surface area contributed by atoms with E-state index in [0.717, 1.165) is 0 Å². The van der Waals surface area contributed by atoms with Crippen LogP contribution in [0.2, 0.25) is 0 Å². The molecule has 0 spiro atoms. The maximum Gasteiger partial charge on any atom is 0.0431 e. The second kappa shape index (κ2) is 4.57. The van der Waals surface area contributed by atoms with Gasteiger partial charge in [0.25, 0.3) is 0 Å². The van der Waals surface area contributed by atoms with E-state index in [9.17, 15) is 0 Å². The number of allylic oxidation sites excluding steroid dienone is 4. The summed E-state index contributed by atoms with van der Waals surface area (Å²) in [7, 11) is 0. The lowest BCUT2D eigenvalue weighted by molar-refractivity contribution is 0.423. The molecular weight excluding hydrogens is 194 g/mol. The fourth-order valence-electron chi connectivity index (χ4n) is 2.30. The molecule has 0 fully saturated rings. The van der Waals surface area contributed by atoms with Gasteiger partial charge in [-0.05, 0) is 37.2 Å². The topological polar surface area (TPSA) is 12.4 Å². The van der Waals surface area contributed by atoms with Gasteiger partial charge in [-0.25, -0.2) is 0 Å². The molecule has 0 amide bonds. The zero-order valence-corrected chi connectivity index (χ0v) is 10.8. The van der Waals surface area contributed by atoms with Crippen molar-refractivity contribution in [3.8, 4) is 0 Å². The van der Waals surface area contributed by atoms with E-state index in [-0.39, 0.29) is 5.41 Å². The summed E-state index contributed by atoms with van der Waals surface area (Å²) in [5.74, 6) is 0.607. The summed E-state index contributed by atoms with van der Waals surface area (Å²) in [4.78, 5) is 4.77. The van der Waals surface area contributed by atoms with Crippen LogP contribution < -0.4 is 0 Å². The van der Waals surface area contributed by atoms with Crippen LogP contribution in [0.1, 0.15) is 52.9 Å². The van der Waals surface area contributed by atoms with Crippen molar-refractivity contribution in [3.05, 3.63) is 23.4 Å². The Hall–Kier alpha value is -0.850. The van der Waals surface area contributed by atoms with E-state index in [1.165, 1.54) is 43.4 Å². The van der Waals surface area contributed by atoms with Crippen molar-refractivity contribution < 1.29 is 0 Å². The van der Waals surface area contributed by atoms with Crippen molar-refractivity contribution in [2.75, 3.05) is 0 Å². The van der Waals surface area contributed by atoms with Crippen LogP contribution in [-0.2, 0) is 0 Å². The smallest absolute Gasteiger partial charge is 0.0431 e. The molecule has 0 N–H and O–H groups in total. The van der Waals surface area contributed by atoms with Crippen molar-refractivity contribution in [1.82, 2.24) is 0 Å². The van der Waals surface area contributed by atoms with Gasteiger partial charge in [-0.1, -0.05) is 39.3 Å². The largest absolute Gasteiger partial charge is 0.264 e. The maximum absolute atomic E-state index is 4.77. The Morgan fingerprint density at radius 2 is 1.94 bits per heavy atom. The third-order valence-corrected chi connectivity index (χ3v) is 4.12. The second-order valence-corrected chi connectivity index (χ2v) is 5.64. The van der Waals surface area contributed by atoms with Crippen molar-refractivity contribution in [2.45, 2.75) is 52.9 Å². The lowest BCUT2D eigenvalue weighted by Gasteiger charge is -2.25. The minimum absolute atomic E-state index is 0.131. The van der Waals surface area contributed by atoms with E-state index >= 15 is 0 Å². The molecule has 0 aromatic rings. The van der Waals surface area contributed by atoms with Gasteiger partial charge in [0.2, 0.25) is 0 Å². The SMILES string of the molecule is CC(C)C1(C)C=CC2=C(CCCCC2)N=C1. The lowest BCUT2D eigenvalue weighted by Crippen LogP contribution is -2.22. The Balaban J connectivity index is 2.28. The van der Waals surface area contributed by atoms with Crippen LogP contribution in [0.15, 0.2) is 28.4 Å². The fraction of sp³-hybridized carbons (Fsp3) is 0.667. The van der Waals surface area contributed by atoms with E-state index in [2.05, 4.69) is 39.1 Å². The molecule has 1 unspecified atom stereocenters. The number of rotatable bonds is 1. The van der Waals surface area contributed by atoms with Gasteiger partial charge in [-0.3, -0.25) is 4.99 Å². The van der Waals surface area contributed by atoms with Crippen molar-refractivity contribution in [1.29, 1.82) is 0 Å². The van der Waals surface area contributed by atoms with Gasteiger partial charge in [-0.15, -0.1) is 0 Å². The maximum atomic E-state index is 4.77. The second-order valence-electron chi connectivity index (χ2n) is 5.64. The van der Waals surface area contributed by atoms with Gasteiger partial charge < -0.3 is 0 Å². The Morgan fingerprint density at radius 1 is 1.19 bits per heavy atom. The average Bonchev–Trinajstić information content (AvgIpc) is 2.55. The Kier molecular flexibility index (Phi) is 3.32. The molecule has 1 heteroatoms. The average molecular weight is 217 g/mol. The first-order chi connectivity index (χ1) is 7.62. The van der Waals surface area contributed by atoms with Crippen LogP contribution >= 0.6 is 0 Å². The van der Waals surface area contributed by atoms with E-state index in [1.807, 2.05) is 0 Å². The number of hydrogen-bond donors (Lipinski definition) is 0. The van der Waals surface area contributed by atoms with Crippen LogP contribution in [0.4, 0.5) is 0 Å². The lowest BCUT2D eigenvalue weighted by atomic mass is 9.80. The van der Waals surface area contributed by atoms with E-state index in [1.54, 1.807) is 0 Å². The molecule has 0 radical (unpaired) electrons. The van der Waals surface area contributed by atoms with Gasteiger partial charge in [0, 0.05) is 17.3 Å². The van der Waals surface area contributed by atoms with Crippen LogP contribution in [0.3, 0.4) is 0 Å². The highest BCUT2D eigenvalue weighted by atomic mass is 14.8. The van der Waals surface area contributed by atoms with Crippen LogP contribution in [0.25, 0.3) is 0 Å². The molecule has 1 aliphatic heterocycles. The molecule has 0 bridgehead atoms. The van der Waals surface area contributed by atoms with Gasteiger partial charge in [0.05, 0.1) is 0 Å². The highest BCUT2D eigenvalue weighted by Crippen LogP contribution is 2.33. The normalized spacial score (nSPS) is 30.2. The third-order valence-electron chi connectivity index (χ3n) is 4.12. The molecule has 0 aromatic carbocycles. The van der Waals surface area contributed by atoms with Gasteiger partial charge >= 0.3 is 0 Å². The highest BCUT2D eigenvalue weighted by Gasteiger charge is 2.25. The zero-order chi connectivity index (χ0) is 11.6. The zero-order valence-electron chi connectivity index (χ0n) is 10.8. The summed E-state index contributed by atoms with van der Waals surface area (Å²) >= 11 is 0.